The zero-order valence-electron chi connectivity index (χ0n) is 18.7. The second-order valence-electron chi connectivity index (χ2n) is 7.82. The lowest BCUT2D eigenvalue weighted by Gasteiger charge is -2.11. The van der Waals surface area contributed by atoms with Crippen molar-refractivity contribution >= 4 is 11.8 Å². The van der Waals surface area contributed by atoms with Gasteiger partial charge in [0.05, 0.1) is 4.90 Å². The largest absolute Gasteiger partial charge is 0.508 e. The molecule has 0 unspecified atom stereocenters. The van der Waals surface area contributed by atoms with Gasteiger partial charge >= 0.3 is 0 Å². The molecule has 0 radical (unpaired) electrons. The molecule has 0 aliphatic carbocycles. The molecule has 0 aliphatic rings. The van der Waals surface area contributed by atoms with Gasteiger partial charge in [-0.1, -0.05) is 58.8 Å². The molecule has 0 heterocycles. The number of hydrogen-bond donors (Lipinski definition) is 1. The van der Waals surface area contributed by atoms with Crippen molar-refractivity contribution in [2.75, 3.05) is 6.61 Å². The third kappa shape index (κ3) is 9.41. The summed E-state index contributed by atoms with van der Waals surface area (Å²) in [7, 11) is 0. The van der Waals surface area contributed by atoms with Crippen LogP contribution in [0.25, 0.3) is 0 Å². The van der Waals surface area contributed by atoms with Gasteiger partial charge in [0.15, 0.2) is 0 Å². The van der Waals surface area contributed by atoms with Crippen LogP contribution in [-0.2, 0) is 0 Å². The standard InChI is InChI=1S/C27H34O2S/c1-21(2)10-8-9-11-22(3)14-15-23(4)18-19-29-26-20-24(28)16-17-27(26)30-25-12-6-5-7-13-25/h5-7,10-13,16-18,20,28H,8-9,14-15,19H2,1-4H3. The first-order valence-corrected chi connectivity index (χ1v) is 11.4. The van der Waals surface area contributed by atoms with Gasteiger partial charge in [-0.15, -0.1) is 0 Å². The van der Waals surface area contributed by atoms with Gasteiger partial charge in [0, 0.05) is 11.0 Å². The summed E-state index contributed by atoms with van der Waals surface area (Å²) >= 11 is 1.64. The Bertz CT molecular complexity index is 875. The zero-order chi connectivity index (χ0) is 21.8. The maximum Gasteiger partial charge on any atom is 0.137 e. The summed E-state index contributed by atoms with van der Waals surface area (Å²) in [6.07, 6.45) is 11.1. The molecule has 0 saturated carbocycles. The fourth-order valence-electron chi connectivity index (χ4n) is 2.88. The van der Waals surface area contributed by atoms with E-state index in [0.29, 0.717) is 12.4 Å². The van der Waals surface area contributed by atoms with E-state index in [1.165, 1.54) is 16.7 Å². The van der Waals surface area contributed by atoms with Crippen LogP contribution in [-0.4, -0.2) is 11.7 Å². The first kappa shape index (κ1) is 23.9. The minimum atomic E-state index is 0.219. The number of aromatic hydroxyl groups is 1. The summed E-state index contributed by atoms with van der Waals surface area (Å²) in [5, 5.41) is 9.86. The maximum absolute atomic E-state index is 9.86. The molecule has 0 fully saturated rings. The highest BCUT2D eigenvalue weighted by molar-refractivity contribution is 7.99. The Morgan fingerprint density at radius 2 is 1.53 bits per heavy atom. The second-order valence-corrected chi connectivity index (χ2v) is 8.93. The van der Waals surface area contributed by atoms with Crippen molar-refractivity contribution in [2.24, 2.45) is 0 Å². The fourth-order valence-corrected chi connectivity index (χ4v) is 3.78. The average molecular weight is 423 g/mol. The number of ether oxygens (including phenoxy) is 1. The van der Waals surface area contributed by atoms with Gasteiger partial charge in [-0.3, -0.25) is 0 Å². The van der Waals surface area contributed by atoms with E-state index in [2.05, 4.69) is 58.1 Å². The van der Waals surface area contributed by atoms with Crippen molar-refractivity contribution in [3.63, 3.8) is 0 Å². The van der Waals surface area contributed by atoms with Gasteiger partial charge in [0.1, 0.15) is 18.1 Å². The van der Waals surface area contributed by atoms with E-state index in [9.17, 15) is 5.11 Å². The first-order chi connectivity index (χ1) is 14.4. The lowest BCUT2D eigenvalue weighted by atomic mass is 10.1. The maximum atomic E-state index is 9.86. The summed E-state index contributed by atoms with van der Waals surface area (Å²) in [5.74, 6) is 0.931. The van der Waals surface area contributed by atoms with Crippen molar-refractivity contribution in [1.29, 1.82) is 0 Å². The van der Waals surface area contributed by atoms with Gasteiger partial charge in [-0.2, -0.15) is 0 Å². The first-order valence-electron chi connectivity index (χ1n) is 10.6. The molecule has 0 spiro atoms. The Morgan fingerprint density at radius 1 is 0.867 bits per heavy atom. The molecule has 0 amide bonds. The Morgan fingerprint density at radius 3 is 2.23 bits per heavy atom. The molecule has 2 aromatic carbocycles. The van der Waals surface area contributed by atoms with Crippen LogP contribution in [0.4, 0.5) is 0 Å². The summed E-state index contributed by atoms with van der Waals surface area (Å²) in [6, 6.07) is 15.5. The predicted molar refractivity (Wildman–Crippen MR) is 130 cm³/mol. The third-order valence-electron chi connectivity index (χ3n) is 4.69. The number of allylic oxidation sites excluding steroid dienone is 5. The van der Waals surface area contributed by atoms with Crippen molar-refractivity contribution in [1.82, 2.24) is 0 Å². The normalized spacial score (nSPS) is 12.0. The minimum Gasteiger partial charge on any atom is -0.508 e. The molecule has 2 rings (SSSR count). The van der Waals surface area contributed by atoms with Crippen LogP contribution in [0.5, 0.6) is 11.5 Å². The van der Waals surface area contributed by atoms with Gasteiger partial charge in [-0.05, 0) is 83.7 Å². The smallest absolute Gasteiger partial charge is 0.137 e. The van der Waals surface area contributed by atoms with E-state index in [1.807, 2.05) is 24.3 Å². The predicted octanol–water partition coefficient (Wildman–Crippen LogP) is 8.34. The van der Waals surface area contributed by atoms with E-state index >= 15 is 0 Å². The molecule has 2 nitrogen and oxygen atoms in total. The van der Waals surface area contributed by atoms with E-state index in [4.69, 9.17) is 4.74 Å². The second kappa shape index (κ2) is 13.0. The number of unbranched alkanes of at least 4 members (excludes halogenated alkanes) is 1. The summed E-state index contributed by atoms with van der Waals surface area (Å²) in [4.78, 5) is 2.15. The molecule has 0 aliphatic heterocycles. The van der Waals surface area contributed by atoms with Crippen LogP contribution >= 0.6 is 11.8 Å². The van der Waals surface area contributed by atoms with Gasteiger partial charge < -0.3 is 9.84 Å². The van der Waals surface area contributed by atoms with Crippen molar-refractivity contribution < 1.29 is 9.84 Å². The van der Waals surface area contributed by atoms with Crippen LogP contribution in [0.15, 0.2) is 93.3 Å². The van der Waals surface area contributed by atoms with Crippen LogP contribution in [0.2, 0.25) is 0 Å². The van der Waals surface area contributed by atoms with Crippen LogP contribution < -0.4 is 4.74 Å². The Kier molecular flexibility index (Phi) is 10.4. The SMILES string of the molecule is CC(C)=CCCC=C(C)CCC(C)=CCOc1cc(O)ccc1Sc1ccccc1. The Labute approximate surface area is 186 Å². The molecule has 2 aromatic rings. The van der Waals surface area contributed by atoms with Crippen LogP contribution in [0, 0.1) is 0 Å². The zero-order valence-corrected chi connectivity index (χ0v) is 19.5. The molecule has 0 aromatic heterocycles. The molecular formula is C27H34O2S. The lowest BCUT2D eigenvalue weighted by molar-refractivity contribution is 0.349. The number of phenols is 1. The molecule has 30 heavy (non-hydrogen) atoms. The Hall–Kier alpha value is -2.39. The fraction of sp³-hybridized carbons (Fsp3) is 0.333. The molecule has 1 N–H and O–H groups in total. The summed E-state index contributed by atoms with van der Waals surface area (Å²) < 4.78 is 5.99. The van der Waals surface area contributed by atoms with Gasteiger partial charge in [-0.25, -0.2) is 0 Å². The van der Waals surface area contributed by atoms with Gasteiger partial charge in [0.2, 0.25) is 0 Å². The Balaban J connectivity index is 1.86. The number of benzene rings is 2. The molecule has 0 atom stereocenters. The van der Waals surface area contributed by atoms with Crippen molar-refractivity contribution in [2.45, 2.75) is 63.2 Å². The summed E-state index contributed by atoms with van der Waals surface area (Å²) in [5.41, 5.74) is 4.15. The van der Waals surface area contributed by atoms with Crippen molar-refractivity contribution in [3.05, 3.63) is 83.5 Å². The topological polar surface area (TPSA) is 29.5 Å². The summed E-state index contributed by atoms with van der Waals surface area (Å²) in [6.45, 7) is 9.16. The highest BCUT2D eigenvalue weighted by atomic mass is 32.2. The van der Waals surface area contributed by atoms with Crippen molar-refractivity contribution in [3.8, 4) is 11.5 Å². The molecule has 0 bridgehead atoms. The van der Waals surface area contributed by atoms with Crippen LogP contribution in [0.1, 0.15) is 53.4 Å². The highest BCUT2D eigenvalue weighted by Crippen LogP contribution is 2.37. The minimum absolute atomic E-state index is 0.219. The lowest BCUT2D eigenvalue weighted by Crippen LogP contribution is -1.96. The molecule has 160 valence electrons. The van der Waals surface area contributed by atoms with E-state index in [1.54, 1.807) is 23.9 Å². The van der Waals surface area contributed by atoms with E-state index in [0.717, 1.165) is 35.5 Å². The number of phenolic OH excluding ortho intramolecular Hbond substituents is 1. The number of hydrogen-bond acceptors (Lipinski definition) is 3. The quantitative estimate of drug-likeness (QED) is 0.291. The molecular weight excluding hydrogens is 388 g/mol. The van der Waals surface area contributed by atoms with Crippen LogP contribution in [0.3, 0.4) is 0 Å². The van der Waals surface area contributed by atoms with E-state index in [-0.39, 0.29) is 5.75 Å². The average Bonchev–Trinajstić information content (AvgIpc) is 2.72. The highest BCUT2D eigenvalue weighted by Gasteiger charge is 2.07. The molecule has 0 saturated heterocycles. The van der Waals surface area contributed by atoms with E-state index < -0.39 is 0 Å². The monoisotopic (exact) mass is 422 g/mol. The third-order valence-corrected chi connectivity index (χ3v) is 5.76. The number of rotatable bonds is 11. The van der Waals surface area contributed by atoms with Gasteiger partial charge in [0.25, 0.3) is 0 Å². The molecule has 3 heteroatoms.